The van der Waals surface area contributed by atoms with Gasteiger partial charge in [-0.2, -0.15) is 0 Å². The van der Waals surface area contributed by atoms with Gasteiger partial charge in [-0.05, 0) is 49.9 Å². The first-order chi connectivity index (χ1) is 17.3. The molecule has 2 heterocycles. The summed E-state index contributed by atoms with van der Waals surface area (Å²) in [6.45, 7) is 9.68. The monoisotopic (exact) mass is 496 g/mol. The van der Waals surface area contributed by atoms with Gasteiger partial charge in [0, 0.05) is 35.6 Å². The topological polar surface area (TPSA) is 78.4 Å². The van der Waals surface area contributed by atoms with E-state index in [1.165, 1.54) is 0 Å². The van der Waals surface area contributed by atoms with Crippen LogP contribution in [0.2, 0.25) is 0 Å². The molecular weight excluding hydrogens is 452 g/mol. The van der Waals surface area contributed by atoms with Crippen LogP contribution in [0.5, 0.6) is 0 Å². The molecule has 198 valence electrons. The molecular formula is C30H44N2O4. The Bertz CT molecular complexity index is 830. The van der Waals surface area contributed by atoms with Crippen molar-refractivity contribution in [2.24, 2.45) is 10.8 Å². The van der Waals surface area contributed by atoms with Crippen LogP contribution in [-0.2, 0) is 9.47 Å². The van der Waals surface area contributed by atoms with E-state index >= 15 is 0 Å². The van der Waals surface area contributed by atoms with Gasteiger partial charge in [-0.1, -0.05) is 66.2 Å². The molecule has 0 aliphatic heterocycles. The molecule has 2 aromatic rings. The smallest absolute Gasteiger partial charge is 0.339 e. The summed E-state index contributed by atoms with van der Waals surface area (Å²) in [6.07, 6.45) is 17.2. The molecule has 0 aliphatic carbocycles. The maximum atomic E-state index is 12.3. The molecule has 0 saturated heterocycles. The zero-order valence-electron chi connectivity index (χ0n) is 22.6. The van der Waals surface area contributed by atoms with Crippen LogP contribution in [0.4, 0.5) is 0 Å². The molecule has 0 spiro atoms. The van der Waals surface area contributed by atoms with E-state index in [9.17, 15) is 9.59 Å². The molecule has 0 aromatic carbocycles. The van der Waals surface area contributed by atoms with Gasteiger partial charge in [0.15, 0.2) is 0 Å². The number of hydrogen-bond donors (Lipinski definition) is 0. The van der Waals surface area contributed by atoms with E-state index in [1.54, 1.807) is 49.1 Å². The molecule has 2 rings (SSSR count). The van der Waals surface area contributed by atoms with Crippen molar-refractivity contribution in [3.8, 4) is 0 Å². The lowest BCUT2D eigenvalue weighted by Crippen LogP contribution is -2.26. The second-order valence-corrected chi connectivity index (χ2v) is 10.7. The molecule has 0 N–H and O–H groups in total. The van der Waals surface area contributed by atoms with Gasteiger partial charge in [0.1, 0.15) is 0 Å². The fourth-order valence-corrected chi connectivity index (χ4v) is 4.82. The summed E-state index contributed by atoms with van der Waals surface area (Å²) >= 11 is 0. The van der Waals surface area contributed by atoms with Crippen LogP contribution in [0.25, 0.3) is 0 Å². The first-order valence-corrected chi connectivity index (χ1v) is 13.5. The number of rotatable bonds is 17. The van der Waals surface area contributed by atoms with E-state index in [-0.39, 0.29) is 22.8 Å². The van der Waals surface area contributed by atoms with Crippen molar-refractivity contribution in [2.75, 3.05) is 13.2 Å². The van der Waals surface area contributed by atoms with Crippen molar-refractivity contribution in [1.29, 1.82) is 0 Å². The number of aromatic nitrogens is 2. The highest BCUT2D eigenvalue weighted by atomic mass is 16.5. The molecule has 0 radical (unpaired) electrons. The summed E-state index contributed by atoms with van der Waals surface area (Å²) in [6, 6.07) is 6.97. The summed E-state index contributed by atoms with van der Waals surface area (Å²) in [4.78, 5) is 32.7. The average Bonchev–Trinajstić information content (AvgIpc) is 2.89. The lowest BCUT2D eigenvalue weighted by atomic mass is 9.80. The molecule has 2 unspecified atom stereocenters. The summed E-state index contributed by atoms with van der Waals surface area (Å²) in [5.74, 6) is -0.602. The molecule has 36 heavy (non-hydrogen) atoms. The summed E-state index contributed by atoms with van der Waals surface area (Å²) in [5.41, 5.74) is 0.975. The third kappa shape index (κ3) is 10.5. The van der Waals surface area contributed by atoms with Crippen LogP contribution >= 0.6 is 0 Å². The lowest BCUT2D eigenvalue weighted by molar-refractivity contribution is 0.0254. The molecule has 0 bridgehead atoms. The number of nitrogens with zero attached hydrogens (tertiary/aromatic N) is 2. The second-order valence-electron chi connectivity index (χ2n) is 10.7. The normalized spacial score (nSPS) is 14.4. The van der Waals surface area contributed by atoms with Crippen molar-refractivity contribution in [3.05, 3.63) is 60.2 Å². The Kier molecular flexibility index (Phi) is 12.6. The molecule has 2 atom stereocenters. The van der Waals surface area contributed by atoms with Crippen LogP contribution in [0, 0.1) is 10.8 Å². The van der Waals surface area contributed by atoms with Crippen molar-refractivity contribution in [3.63, 3.8) is 0 Å². The third-order valence-electron chi connectivity index (χ3n) is 6.92. The Morgan fingerprint density at radius 2 is 1.11 bits per heavy atom. The SMILES string of the molecule is CCCC(C)(CCCCCCC(C)(CCC)COC(=O)c1cccnc1)COC(=O)c1cccnc1. The van der Waals surface area contributed by atoms with Gasteiger partial charge in [0.05, 0.1) is 24.3 Å². The van der Waals surface area contributed by atoms with Crippen LogP contribution < -0.4 is 0 Å². The maximum Gasteiger partial charge on any atom is 0.339 e. The Balaban J connectivity index is 1.73. The molecule has 0 fully saturated rings. The minimum atomic E-state index is -0.301. The van der Waals surface area contributed by atoms with Crippen molar-refractivity contribution >= 4 is 11.9 Å². The van der Waals surface area contributed by atoms with Crippen LogP contribution in [0.15, 0.2) is 49.1 Å². The third-order valence-corrected chi connectivity index (χ3v) is 6.92. The zero-order chi connectivity index (χ0) is 26.3. The van der Waals surface area contributed by atoms with Gasteiger partial charge in [-0.25, -0.2) is 9.59 Å². The number of pyridine rings is 2. The fourth-order valence-electron chi connectivity index (χ4n) is 4.82. The van der Waals surface area contributed by atoms with Crippen molar-refractivity contribution in [1.82, 2.24) is 9.97 Å². The van der Waals surface area contributed by atoms with Crippen LogP contribution in [0.1, 0.15) is 113 Å². The quantitative estimate of drug-likeness (QED) is 0.167. The minimum Gasteiger partial charge on any atom is -0.461 e. The minimum absolute atomic E-state index is 0.0101. The van der Waals surface area contributed by atoms with E-state index in [0.717, 1.165) is 64.2 Å². The largest absolute Gasteiger partial charge is 0.461 e. The van der Waals surface area contributed by atoms with Gasteiger partial charge in [0.25, 0.3) is 0 Å². The number of ether oxygens (including phenoxy) is 2. The molecule has 0 aliphatic rings. The van der Waals surface area contributed by atoms with Gasteiger partial charge in [-0.15, -0.1) is 0 Å². The van der Waals surface area contributed by atoms with E-state index in [0.29, 0.717) is 24.3 Å². The van der Waals surface area contributed by atoms with Crippen molar-refractivity contribution in [2.45, 2.75) is 91.9 Å². The molecule has 0 saturated carbocycles. The van der Waals surface area contributed by atoms with Gasteiger partial charge < -0.3 is 9.47 Å². The van der Waals surface area contributed by atoms with Gasteiger partial charge in [-0.3, -0.25) is 9.97 Å². The van der Waals surface area contributed by atoms with E-state index in [4.69, 9.17) is 9.47 Å². The van der Waals surface area contributed by atoms with Gasteiger partial charge in [0.2, 0.25) is 0 Å². The second kappa shape index (κ2) is 15.4. The number of carbonyl (C=O) groups is 2. The molecule has 6 nitrogen and oxygen atoms in total. The highest BCUT2D eigenvalue weighted by Gasteiger charge is 2.27. The molecule has 2 aromatic heterocycles. The highest BCUT2D eigenvalue weighted by molar-refractivity contribution is 5.89. The molecule has 0 amide bonds. The van der Waals surface area contributed by atoms with E-state index in [2.05, 4.69) is 37.7 Å². The summed E-state index contributed by atoms with van der Waals surface area (Å²) in [5, 5.41) is 0. The predicted octanol–water partition coefficient (Wildman–Crippen LogP) is 7.44. The van der Waals surface area contributed by atoms with Gasteiger partial charge >= 0.3 is 11.9 Å². The Labute approximate surface area is 217 Å². The first kappa shape index (κ1) is 29.5. The number of hydrogen-bond acceptors (Lipinski definition) is 6. The zero-order valence-corrected chi connectivity index (χ0v) is 22.6. The Morgan fingerprint density at radius 1 is 0.694 bits per heavy atom. The maximum absolute atomic E-state index is 12.3. The first-order valence-electron chi connectivity index (χ1n) is 13.5. The van der Waals surface area contributed by atoms with Crippen LogP contribution in [-0.4, -0.2) is 35.1 Å². The molecule has 6 heteroatoms. The number of unbranched alkanes of at least 4 members (excludes halogenated alkanes) is 3. The van der Waals surface area contributed by atoms with E-state index in [1.807, 2.05) is 0 Å². The van der Waals surface area contributed by atoms with E-state index < -0.39 is 0 Å². The summed E-state index contributed by atoms with van der Waals surface area (Å²) in [7, 11) is 0. The predicted molar refractivity (Wildman–Crippen MR) is 143 cm³/mol. The van der Waals surface area contributed by atoms with Crippen molar-refractivity contribution < 1.29 is 19.1 Å². The van der Waals surface area contributed by atoms with Crippen LogP contribution in [0.3, 0.4) is 0 Å². The average molecular weight is 497 g/mol. The fraction of sp³-hybridized carbons (Fsp3) is 0.600. The summed E-state index contributed by atoms with van der Waals surface area (Å²) < 4.78 is 11.3. The Hall–Kier alpha value is -2.76. The standard InChI is InChI=1S/C30H44N2O4/c1-5-15-29(3,23-35-27(33)25-13-11-19-31-21-25)17-9-7-8-10-18-30(4,16-6-2)24-36-28(34)26-14-12-20-32-22-26/h11-14,19-22H,5-10,15-18,23-24H2,1-4H3. The Morgan fingerprint density at radius 3 is 1.44 bits per heavy atom. The number of carbonyl (C=O) groups excluding carboxylic acids is 2. The lowest BCUT2D eigenvalue weighted by Gasteiger charge is -2.30. The highest BCUT2D eigenvalue weighted by Crippen LogP contribution is 2.33. The number of esters is 2.